The van der Waals surface area contributed by atoms with Gasteiger partial charge in [0.1, 0.15) is 5.52 Å². The minimum absolute atomic E-state index is 0.186. The van der Waals surface area contributed by atoms with E-state index < -0.39 is 0 Å². The Labute approximate surface area is 158 Å². The normalized spacial score (nSPS) is 12.7. The molecule has 0 saturated carbocycles. The molecule has 0 spiro atoms. The Kier molecular flexibility index (Phi) is 4.77. The minimum atomic E-state index is 0.186. The molecule has 138 valence electrons. The highest BCUT2D eigenvalue weighted by molar-refractivity contribution is 6.06. The summed E-state index contributed by atoms with van der Waals surface area (Å²) >= 11 is 0. The van der Waals surface area contributed by atoms with Gasteiger partial charge >= 0.3 is 0 Å². The summed E-state index contributed by atoms with van der Waals surface area (Å²) in [6.07, 6.45) is 2.80. The second-order valence-electron chi connectivity index (χ2n) is 6.93. The molecule has 0 aliphatic rings. The van der Waals surface area contributed by atoms with Crippen LogP contribution in [-0.2, 0) is 11.3 Å². The molecular weight excluding hydrogens is 336 g/mol. The predicted octanol–water partition coefficient (Wildman–Crippen LogP) is 4.64. The molecule has 4 aromatic rings. The van der Waals surface area contributed by atoms with Gasteiger partial charge in [-0.15, -0.1) is 0 Å². The Bertz CT molecular complexity index is 1070. The average molecular weight is 360 g/mol. The van der Waals surface area contributed by atoms with Crippen molar-refractivity contribution in [2.45, 2.75) is 32.9 Å². The van der Waals surface area contributed by atoms with E-state index in [2.05, 4.69) is 58.7 Å². The number of anilines is 1. The van der Waals surface area contributed by atoms with Gasteiger partial charge in [-0.3, -0.25) is 0 Å². The highest BCUT2D eigenvalue weighted by Crippen LogP contribution is 2.30. The van der Waals surface area contributed by atoms with Crippen LogP contribution in [0.3, 0.4) is 0 Å². The zero-order valence-electron chi connectivity index (χ0n) is 15.7. The Morgan fingerprint density at radius 1 is 1.11 bits per heavy atom. The van der Waals surface area contributed by atoms with Crippen LogP contribution in [0.25, 0.3) is 21.9 Å². The van der Waals surface area contributed by atoms with Crippen LogP contribution >= 0.6 is 0 Å². The Morgan fingerprint density at radius 2 is 1.89 bits per heavy atom. The summed E-state index contributed by atoms with van der Waals surface area (Å²) in [5.74, 6) is 0.470. The number of nitrogens with zero attached hydrogens (tertiary/aromatic N) is 3. The molecule has 0 aliphatic carbocycles. The van der Waals surface area contributed by atoms with E-state index in [1.807, 2.05) is 24.5 Å². The van der Waals surface area contributed by atoms with Crippen LogP contribution in [0.5, 0.6) is 0 Å². The Hall–Kier alpha value is -2.92. The van der Waals surface area contributed by atoms with Gasteiger partial charge in [-0.25, -0.2) is 9.97 Å². The van der Waals surface area contributed by atoms with Crippen LogP contribution in [0.2, 0.25) is 0 Å². The van der Waals surface area contributed by atoms with Gasteiger partial charge in [0, 0.05) is 5.39 Å². The molecule has 1 atom stereocenters. The standard InChI is InChI=1S/C22H24N4O/c1-3-17(13-27-12-16-10-8-15(2)9-11-16)26-14-24-20-21(26)18-6-4-5-7-19(18)25-22(20)23/h4-11,14,17H,3,12-13H2,1-2H3,(H2,23,25). The number of nitrogen functional groups attached to an aromatic ring is 1. The van der Waals surface area contributed by atoms with E-state index in [0.29, 0.717) is 19.0 Å². The van der Waals surface area contributed by atoms with Crippen molar-refractivity contribution >= 4 is 27.8 Å². The molecule has 0 radical (unpaired) electrons. The second-order valence-corrected chi connectivity index (χ2v) is 6.93. The third-order valence-corrected chi connectivity index (χ3v) is 5.00. The van der Waals surface area contributed by atoms with Crippen LogP contribution in [-0.4, -0.2) is 21.1 Å². The number of para-hydroxylation sites is 1. The molecule has 0 saturated heterocycles. The lowest BCUT2D eigenvalue weighted by atomic mass is 10.1. The first-order valence-electron chi connectivity index (χ1n) is 9.31. The quantitative estimate of drug-likeness (QED) is 0.544. The highest BCUT2D eigenvalue weighted by Gasteiger charge is 2.17. The molecule has 5 heteroatoms. The highest BCUT2D eigenvalue weighted by atomic mass is 16.5. The zero-order chi connectivity index (χ0) is 18.8. The van der Waals surface area contributed by atoms with Crippen molar-refractivity contribution in [2.75, 3.05) is 12.3 Å². The first-order chi connectivity index (χ1) is 13.2. The number of hydrogen-bond donors (Lipinski definition) is 1. The fourth-order valence-corrected chi connectivity index (χ4v) is 3.44. The molecule has 2 aromatic carbocycles. The number of ether oxygens (including phenoxy) is 1. The summed E-state index contributed by atoms with van der Waals surface area (Å²) < 4.78 is 8.22. The number of imidazole rings is 1. The molecule has 27 heavy (non-hydrogen) atoms. The molecule has 0 bridgehead atoms. The Balaban J connectivity index is 1.62. The topological polar surface area (TPSA) is 66.0 Å². The van der Waals surface area contributed by atoms with E-state index in [4.69, 9.17) is 10.5 Å². The molecular formula is C22H24N4O. The van der Waals surface area contributed by atoms with Gasteiger partial charge < -0.3 is 15.0 Å². The molecule has 2 aromatic heterocycles. The lowest BCUT2D eigenvalue weighted by Gasteiger charge is -2.19. The lowest BCUT2D eigenvalue weighted by Crippen LogP contribution is -2.14. The summed E-state index contributed by atoms with van der Waals surface area (Å²) in [7, 11) is 0. The molecule has 4 rings (SSSR count). The second kappa shape index (κ2) is 7.37. The van der Waals surface area contributed by atoms with Crippen molar-refractivity contribution < 1.29 is 4.74 Å². The van der Waals surface area contributed by atoms with Gasteiger partial charge in [-0.2, -0.15) is 0 Å². The van der Waals surface area contributed by atoms with E-state index in [9.17, 15) is 0 Å². The lowest BCUT2D eigenvalue weighted by molar-refractivity contribution is 0.0897. The molecule has 2 N–H and O–H groups in total. The number of rotatable bonds is 6. The molecule has 5 nitrogen and oxygen atoms in total. The van der Waals surface area contributed by atoms with Crippen LogP contribution in [0.1, 0.15) is 30.5 Å². The van der Waals surface area contributed by atoms with Crippen molar-refractivity contribution in [2.24, 2.45) is 0 Å². The first kappa shape index (κ1) is 17.5. The number of benzene rings is 2. The van der Waals surface area contributed by atoms with Crippen LogP contribution in [0.15, 0.2) is 54.9 Å². The summed E-state index contributed by atoms with van der Waals surface area (Å²) in [4.78, 5) is 9.01. The van der Waals surface area contributed by atoms with Gasteiger partial charge in [-0.05, 0) is 25.0 Å². The van der Waals surface area contributed by atoms with Crippen LogP contribution in [0, 0.1) is 6.92 Å². The average Bonchev–Trinajstić information content (AvgIpc) is 3.13. The molecule has 0 aliphatic heterocycles. The van der Waals surface area contributed by atoms with E-state index >= 15 is 0 Å². The molecule has 2 heterocycles. The van der Waals surface area contributed by atoms with Gasteiger partial charge in [0.2, 0.25) is 0 Å². The maximum absolute atomic E-state index is 6.15. The zero-order valence-corrected chi connectivity index (χ0v) is 15.7. The van der Waals surface area contributed by atoms with E-state index in [-0.39, 0.29) is 6.04 Å². The van der Waals surface area contributed by atoms with Gasteiger partial charge in [0.15, 0.2) is 5.82 Å². The number of aryl methyl sites for hydroxylation is 1. The third kappa shape index (κ3) is 3.38. The van der Waals surface area contributed by atoms with Crippen molar-refractivity contribution in [3.8, 4) is 0 Å². The maximum atomic E-state index is 6.15. The Morgan fingerprint density at radius 3 is 2.67 bits per heavy atom. The maximum Gasteiger partial charge on any atom is 0.152 e. The molecule has 0 fully saturated rings. The first-order valence-corrected chi connectivity index (χ1v) is 9.31. The summed E-state index contributed by atoms with van der Waals surface area (Å²) in [6, 6.07) is 16.7. The van der Waals surface area contributed by atoms with E-state index in [1.54, 1.807) is 0 Å². The van der Waals surface area contributed by atoms with E-state index in [1.165, 1.54) is 11.1 Å². The number of aromatic nitrogens is 3. The molecule has 0 amide bonds. The third-order valence-electron chi connectivity index (χ3n) is 5.00. The van der Waals surface area contributed by atoms with Crippen molar-refractivity contribution in [3.05, 3.63) is 66.0 Å². The fraction of sp³-hybridized carbons (Fsp3) is 0.273. The molecule has 1 unspecified atom stereocenters. The summed E-state index contributed by atoms with van der Waals surface area (Å²) in [5.41, 5.74) is 11.3. The fourth-order valence-electron chi connectivity index (χ4n) is 3.44. The summed E-state index contributed by atoms with van der Waals surface area (Å²) in [6.45, 7) is 5.48. The van der Waals surface area contributed by atoms with Crippen molar-refractivity contribution in [3.63, 3.8) is 0 Å². The SMILES string of the molecule is CCC(COCc1ccc(C)cc1)n1cnc2c(N)nc3ccccc3c21. The van der Waals surface area contributed by atoms with Crippen molar-refractivity contribution in [1.29, 1.82) is 0 Å². The van der Waals surface area contributed by atoms with Gasteiger partial charge in [0.25, 0.3) is 0 Å². The number of fused-ring (bicyclic) bond motifs is 3. The smallest absolute Gasteiger partial charge is 0.152 e. The monoisotopic (exact) mass is 360 g/mol. The minimum Gasteiger partial charge on any atom is -0.382 e. The number of hydrogen-bond acceptors (Lipinski definition) is 4. The number of nitrogens with two attached hydrogens (primary N) is 1. The van der Waals surface area contributed by atoms with Gasteiger partial charge in [0.05, 0.1) is 36.6 Å². The largest absolute Gasteiger partial charge is 0.382 e. The summed E-state index contributed by atoms with van der Waals surface area (Å²) in [5, 5.41) is 1.07. The van der Waals surface area contributed by atoms with Crippen LogP contribution < -0.4 is 5.73 Å². The van der Waals surface area contributed by atoms with Crippen LogP contribution in [0.4, 0.5) is 5.82 Å². The van der Waals surface area contributed by atoms with Crippen molar-refractivity contribution in [1.82, 2.24) is 14.5 Å². The van der Waals surface area contributed by atoms with E-state index in [0.717, 1.165) is 28.4 Å². The number of pyridine rings is 1. The predicted molar refractivity (Wildman–Crippen MR) is 110 cm³/mol. The van der Waals surface area contributed by atoms with Gasteiger partial charge in [-0.1, -0.05) is 55.0 Å².